The molecule has 0 aromatic carbocycles. The average molecular weight is 291 g/mol. The summed E-state index contributed by atoms with van der Waals surface area (Å²) < 4.78 is 42.3. The predicted octanol–water partition coefficient (Wildman–Crippen LogP) is 1.78. The lowest BCUT2D eigenvalue weighted by atomic mass is 9.97. The fourth-order valence-corrected chi connectivity index (χ4v) is 2.33. The highest BCUT2D eigenvalue weighted by atomic mass is 19.4. The molecule has 1 unspecified atom stereocenters. The van der Waals surface area contributed by atoms with Gasteiger partial charge in [-0.25, -0.2) is 4.98 Å². The Morgan fingerprint density at radius 3 is 2.95 bits per heavy atom. The number of nitrogens with one attached hydrogen (secondary N) is 1. The first kappa shape index (κ1) is 14.8. The second kappa shape index (κ2) is 5.82. The monoisotopic (exact) mass is 291 g/mol. The van der Waals surface area contributed by atoms with E-state index in [4.69, 9.17) is 4.74 Å². The summed E-state index contributed by atoms with van der Waals surface area (Å²) in [5.41, 5.74) is -0.854. The Bertz CT molecular complexity index is 473. The zero-order valence-electron chi connectivity index (χ0n) is 11.0. The minimum Gasteiger partial charge on any atom is -0.375 e. The van der Waals surface area contributed by atoms with Crippen LogP contribution in [-0.4, -0.2) is 47.6 Å². The lowest BCUT2D eigenvalue weighted by Gasteiger charge is -2.31. The van der Waals surface area contributed by atoms with Crippen LogP contribution in [-0.2, 0) is 15.7 Å². The third kappa shape index (κ3) is 3.30. The second-order valence-corrected chi connectivity index (χ2v) is 4.79. The van der Waals surface area contributed by atoms with Crippen molar-refractivity contribution >= 4 is 5.91 Å². The van der Waals surface area contributed by atoms with Gasteiger partial charge in [0.1, 0.15) is 18.1 Å². The molecule has 2 heterocycles. The number of rotatable bonds is 3. The molecule has 0 spiro atoms. The molecule has 1 aliphatic rings. The number of carbonyl (C=O) groups excluding carboxylic acids is 1. The molecule has 1 N–H and O–H groups in total. The average Bonchev–Trinajstić information content (AvgIpc) is 2.89. The van der Waals surface area contributed by atoms with E-state index in [1.54, 1.807) is 4.90 Å². The maximum atomic E-state index is 12.5. The molecule has 1 saturated heterocycles. The zero-order valence-corrected chi connectivity index (χ0v) is 11.0. The summed E-state index contributed by atoms with van der Waals surface area (Å²) in [6.07, 6.45) is -2.18. The van der Waals surface area contributed by atoms with E-state index in [0.717, 1.165) is 12.6 Å². The molecule has 2 rings (SSSR count). The molecule has 1 aromatic heterocycles. The van der Waals surface area contributed by atoms with Gasteiger partial charge in [0.25, 0.3) is 0 Å². The lowest BCUT2D eigenvalue weighted by molar-refractivity contribution is -0.141. The third-order valence-electron chi connectivity index (χ3n) is 3.33. The van der Waals surface area contributed by atoms with E-state index < -0.39 is 11.9 Å². The minimum absolute atomic E-state index is 0.0152. The first-order valence-electron chi connectivity index (χ1n) is 6.30. The fourth-order valence-electron chi connectivity index (χ4n) is 2.33. The first-order valence-corrected chi connectivity index (χ1v) is 6.30. The third-order valence-corrected chi connectivity index (χ3v) is 3.33. The van der Waals surface area contributed by atoms with Crippen molar-refractivity contribution < 1.29 is 22.7 Å². The first-order chi connectivity index (χ1) is 9.41. The number of amides is 1. The molecular weight excluding hydrogens is 275 g/mol. The Morgan fingerprint density at radius 1 is 1.60 bits per heavy atom. The quantitative estimate of drug-likeness (QED) is 0.923. The van der Waals surface area contributed by atoms with Crippen LogP contribution in [0.2, 0.25) is 0 Å². The van der Waals surface area contributed by atoms with Crippen molar-refractivity contribution in [2.24, 2.45) is 0 Å². The molecule has 0 aliphatic carbocycles. The van der Waals surface area contributed by atoms with Gasteiger partial charge >= 0.3 is 6.18 Å². The van der Waals surface area contributed by atoms with Gasteiger partial charge < -0.3 is 14.6 Å². The molecule has 1 fully saturated rings. The number of hydrogen-bond donors (Lipinski definition) is 1. The summed E-state index contributed by atoms with van der Waals surface area (Å²) in [5.74, 6) is -0.0623. The van der Waals surface area contributed by atoms with Crippen LogP contribution in [0.25, 0.3) is 0 Å². The van der Waals surface area contributed by atoms with Crippen molar-refractivity contribution in [1.29, 1.82) is 0 Å². The highest BCUT2D eigenvalue weighted by Gasteiger charge is 2.34. The molecule has 8 heteroatoms. The molecule has 20 heavy (non-hydrogen) atoms. The van der Waals surface area contributed by atoms with Crippen LogP contribution in [0.3, 0.4) is 0 Å². The number of carbonyl (C=O) groups is 1. The highest BCUT2D eigenvalue weighted by Crippen LogP contribution is 2.30. The lowest BCUT2D eigenvalue weighted by Crippen LogP contribution is -2.41. The van der Waals surface area contributed by atoms with Gasteiger partial charge in [-0.05, 0) is 12.8 Å². The number of H-pyrrole nitrogens is 1. The number of halogens is 3. The Labute approximate surface area is 114 Å². The van der Waals surface area contributed by atoms with Crippen LogP contribution in [0.15, 0.2) is 6.20 Å². The number of likely N-dealkylation sites (tertiary alicyclic amines) is 1. The standard InChI is InChI=1S/C12H16F3N3O2/c1-20-7-10(19)18-4-2-3-8(6-18)11-16-5-9(17-11)12(13,14)15/h5,8H,2-4,6-7H2,1H3,(H,16,17). The molecule has 112 valence electrons. The zero-order chi connectivity index (χ0) is 14.8. The van der Waals surface area contributed by atoms with E-state index in [1.165, 1.54) is 7.11 Å². The number of piperidine rings is 1. The maximum absolute atomic E-state index is 12.5. The number of nitrogens with zero attached hydrogens (tertiary/aromatic N) is 2. The van der Waals surface area contributed by atoms with Gasteiger partial charge in [0.2, 0.25) is 5.91 Å². The van der Waals surface area contributed by atoms with Crippen molar-refractivity contribution in [2.75, 3.05) is 26.8 Å². The van der Waals surface area contributed by atoms with Crippen molar-refractivity contribution in [3.63, 3.8) is 0 Å². The SMILES string of the molecule is COCC(=O)N1CCCC(c2ncc(C(F)(F)F)[nH]2)C1. The molecule has 1 atom stereocenters. The molecule has 5 nitrogen and oxygen atoms in total. The molecular formula is C12H16F3N3O2. The van der Waals surface area contributed by atoms with Crippen molar-refractivity contribution in [1.82, 2.24) is 14.9 Å². The van der Waals surface area contributed by atoms with Crippen molar-refractivity contribution in [3.05, 3.63) is 17.7 Å². The Kier molecular flexibility index (Phi) is 4.32. The number of hydrogen-bond acceptors (Lipinski definition) is 3. The van der Waals surface area contributed by atoms with Crippen LogP contribution in [0.5, 0.6) is 0 Å². The summed E-state index contributed by atoms with van der Waals surface area (Å²) >= 11 is 0. The molecule has 0 radical (unpaired) electrons. The van der Waals surface area contributed by atoms with E-state index in [2.05, 4.69) is 9.97 Å². The largest absolute Gasteiger partial charge is 0.432 e. The Balaban J connectivity index is 2.05. The second-order valence-electron chi connectivity index (χ2n) is 4.79. The van der Waals surface area contributed by atoms with Gasteiger partial charge in [0, 0.05) is 26.1 Å². The summed E-state index contributed by atoms with van der Waals surface area (Å²) in [7, 11) is 1.43. The molecule has 0 bridgehead atoms. The number of alkyl halides is 3. The van der Waals surface area contributed by atoms with E-state index in [1.807, 2.05) is 0 Å². The van der Waals surface area contributed by atoms with Crippen LogP contribution in [0.4, 0.5) is 13.2 Å². The molecule has 1 aromatic rings. The summed E-state index contributed by atoms with van der Waals surface area (Å²) in [6, 6.07) is 0. The van der Waals surface area contributed by atoms with E-state index in [9.17, 15) is 18.0 Å². The number of ether oxygens (including phenoxy) is 1. The summed E-state index contributed by atoms with van der Waals surface area (Å²) in [6.45, 7) is 0.956. The van der Waals surface area contributed by atoms with Gasteiger partial charge in [0.05, 0.1) is 6.20 Å². The van der Waals surface area contributed by atoms with Crippen molar-refractivity contribution in [2.45, 2.75) is 24.9 Å². The normalized spacial score (nSPS) is 20.2. The van der Waals surface area contributed by atoms with Gasteiger partial charge in [-0.2, -0.15) is 13.2 Å². The Morgan fingerprint density at radius 2 is 2.35 bits per heavy atom. The topological polar surface area (TPSA) is 58.2 Å². The van der Waals surface area contributed by atoms with Crippen molar-refractivity contribution in [3.8, 4) is 0 Å². The van der Waals surface area contributed by atoms with Crippen LogP contribution in [0, 0.1) is 0 Å². The maximum Gasteiger partial charge on any atom is 0.432 e. The summed E-state index contributed by atoms with van der Waals surface area (Å²) in [4.78, 5) is 19.4. The molecule has 1 amide bonds. The van der Waals surface area contributed by atoms with E-state index in [-0.39, 0.29) is 24.3 Å². The Hall–Kier alpha value is -1.57. The van der Waals surface area contributed by atoms with E-state index >= 15 is 0 Å². The number of aromatic amines is 1. The van der Waals surface area contributed by atoms with Crippen LogP contribution in [0.1, 0.15) is 30.3 Å². The predicted molar refractivity (Wildman–Crippen MR) is 64.0 cm³/mol. The number of methoxy groups -OCH3 is 1. The van der Waals surface area contributed by atoms with E-state index in [0.29, 0.717) is 19.5 Å². The van der Waals surface area contributed by atoms with Gasteiger partial charge in [-0.1, -0.05) is 0 Å². The smallest absolute Gasteiger partial charge is 0.375 e. The van der Waals surface area contributed by atoms with Crippen LogP contribution >= 0.6 is 0 Å². The van der Waals surface area contributed by atoms with Crippen LogP contribution < -0.4 is 0 Å². The van der Waals surface area contributed by atoms with Gasteiger partial charge in [0.15, 0.2) is 0 Å². The number of aromatic nitrogens is 2. The minimum atomic E-state index is -4.43. The van der Waals surface area contributed by atoms with Gasteiger partial charge in [-0.3, -0.25) is 4.79 Å². The fraction of sp³-hybridized carbons (Fsp3) is 0.667. The highest BCUT2D eigenvalue weighted by molar-refractivity contribution is 5.77. The molecule has 1 aliphatic heterocycles. The van der Waals surface area contributed by atoms with Gasteiger partial charge in [-0.15, -0.1) is 0 Å². The summed E-state index contributed by atoms with van der Waals surface area (Å²) in [5, 5.41) is 0. The molecule has 0 saturated carbocycles. The number of imidazole rings is 1.